The Balaban J connectivity index is 1.78. The average Bonchev–Trinajstić information content (AvgIpc) is 3.02. The highest BCUT2D eigenvalue weighted by Gasteiger charge is 2.20. The number of nitrogens with one attached hydrogen (secondary N) is 1. The number of aromatic nitrogens is 2. The summed E-state index contributed by atoms with van der Waals surface area (Å²) in [6, 6.07) is 5.41. The SMILES string of the molecule is Fc1cc(Br)cc(-c2nnc(CNC3CC3)s2)c1. The molecule has 1 heterocycles. The third kappa shape index (κ3) is 2.93. The molecule has 1 aliphatic rings. The Hall–Kier alpha value is -0.850. The zero-order valence-electron chi connectivity index (χ0n) is 9.49. The van der Waals surface area contributed by atoms with Crippen LogP contribution in [0.2, 0.25) is 0 Å². The van der Waals surface area contributed by atoms with E-state index in [0.717, 1.165) is 22.1 Å². The summed E-state index contributed by atoms with van der Waals surface area (Å²) < 4.78 is 14.0. The lowest BCUT2D eigenvalue weighted by Gasteiger charge is -1.98. The highest BCUT2D eigenvalue weighted by atomic mass is 79.9. The lowest BCUT2D eigenvalue weighted by Crippen LogP contribution is -2.14. The molecule has 3 rings (SSSR count). The largest absolute Gasteiger partial charge is 0.308 e. The van der Waals surface area contributed by atoms with Gasteiger partial charge in [-0.2, -0.15) is 0 Å². The van der Waals surface area contributed by atoms with Crippen molar-refractivity contribution in [1.82, 2.24) is 15.5 Å². The summed E-state index contributed by atoms with van der Waals surface area (Å²) >= 11 is 4.78. The maximum atomic E-state index is 13.3. The zero-order valence-corrected chi connectivity index (χ0v) is 11.9. The van der Waals surface area contributed by atoms with Crippen LogP contribution in [0.5, 0.6) is 0 Å². The molecule has 1 saturated carbocycles. The summed E-state index contributed by atoms with van der Waals surface area (Å²) in [6.45, 7) is 0.749. The highest BCUT2D eigenvalue weighted by Crippen LogP contribution is 2.27. The summed E-state index contributed by atoms with van der Waals surface area (Å²) in [4.78, 5) is 0. The molecule has 0 unspecified atom stereocenters. The van der Waals surface area contributed by atoms with Crippen molar-refractivity contribution in [2.45, 2.75) is 25.4 Å². The predicted molar refractivity (Wildman–Crippen MR) is 72.9 cm³/mol. The van der Waals surface area contributed by atoms with Crippen LogP contribution in [-0.4, -0.2) is 16.2 Å². The summed E-state index contributed by atoms with van der Waals surface area (Å²) in [6.07, 6.45) is 2.50. The van der Waals surface area contributed by atoms with E-state index in [-0.39, 0.29) is 5.82 Å². The van der Waals surface area contributed by atoms with Gasteiger partial charge in [-0.25, -0.2) is 4.39 Å². The monoisotopic (exact) mass is 327 g/mol. The third-order valence-corrected chi connectivity index (χ3v) is 4.13. The minimum atomic E-state index is -0.271. The van der Waals surface area contributed by atoms with Crippen LogP contribution in [0.25, 0.3) is 10.6 Å². The molecule has 0 aliphatic heterocycles. The molecule has 1 N–H and O–H groups in total. The summed E-state index contributed by atoms with van der Waals surface area (Å²) in [5.74, 6) is -0.271. The fourth-order valence-electron chi connectivity index (χ4n) is 1.64. The van der Waals surface area contributed by atoms with Crippen molar-refractivity contribution in [3.63, 3.8) is 0 Å². The van der Waals surface area contributed by atoms with E-state index in [1.165, 1.54) is 36.3 Å². The van der Waals surface area contributed by atoms with Gasteiger partial charge in [-0.05, 0) is 31.0 Å². The van der Waals surface area contributed by atoms with Crippen LogP contribution in [0.1, 0.15) is 17.8 Å². The van der Waals surface area contributed by atoms with Crippen LogP contribution in [0.15, 0.2) is 22.7 Å². The van der Waals surface area contributed by atoms with E-state index in [9.17, 15) is 4.39 Å². The van der Waals surface area contributed by atoms with E-state index in [4.69, 9.17) is 0 Å². The Kier molecular flexibility index (Phi) is 3.41. The molecule has 0 bridgehead atoms. The van der Waals surface area contributed by atoms with E-state index in [1.54, 1.807) is 0 Å². The molecule has 6 heteroatoms. The van der Waals surface area contributed by atoms with Gasteiger partial charge in [0.25, 0.3) is 0 Å². The minimum absolute atomic E-state index is 0.271. The number of hydrogen-bond donors (Lipinski definition) is 1. The predicted octanol–water partition coefficient (Wildman–Crippen LogP) is 3.36. The van der Waals surface area contributed by atoms with Crippen LogP contribution in [0, 0.1) is 5.82 Å². The van der Waals surface area contributed by atoms with Gasteiger partial charge >= 0.3 is 0 Å². The fourth-order valence-corrected chi connectivity index (χ4v) is 2.88. The quantitative estimate of drug-likeness (QED) is 0.935. The zero-order chi connectivity index (χ0) is 12.5. The summed E-state index contributed by atoms with van der Waals surface area (Å²) in [7, 11) is 0. The van der Waals surface area contributed by atoms with Gasteiger partial charge in [-0.1, -0.05) is 27.3 Å². The number of hydrogen-bond acceptors (Lipinski definition) is 4. The molecule has 0 saturated heterocycles. The first-order valence-corrected chi connectivity index (χ1v) is 7.34. The molecule has 3 nitrogen and oxygen atoms in total. The summed E-state index contributed by atoms with van der Waals surface area (Å²) in [5, 5.41) is 13.3. The highest BCUT2D eigenvalue weighted by molar-refractivity contribution is 9.10. The third-order valence-electron chi connectivity index (χ3n) is 2.70. The van der Waals surface area contributed by atoms with Crippen LogP contribution in [-0.2, 0) is 6.54 Å². The molecule has 1 aliphatic carbocycles. The van der Waals surface area contributed by atoms with Crippen LogP contribution in [0.3, 0.4) is 0 Å². The molecule has 1 aromatic carbocycles. The maximum absolute atomic E-state index is 13.3. The van der Waals surface area contributed by atoms with Crippen molar-refractivity contribution < 1.29 is 4.39 Å². The second kappa shape index (κ2) is 5.03. The lowest BCUT2D eigenvalue weighted by atomic mass is 10.2. The molecule has 1 aromatic heterocycles. The van der Waals surface area contributed by atoms with E-state index >= 15 is 0 Å². The van der Waals surface area contributed by atoms with Crippen molar-refractivity contribution in [3.8, 4) is 10.6 Å². The van der Waals surface area contributed by atoms with Crippen LogP contribution < -0.4 is 5.32 Å². The molecular weight excluding hydrogens is 317 g/mol. The molecule has 0 radical (unpaired) electrons. The molecule has 2 aromatic rings. The van der Waals surface area contributed by atoms with E-state index in [0.29, 0.717) is 10.5 Å². The Morgan fingerprint density at radius 3 is 2.89 bits per heavy atom. The van der Waals surface area contributed by atoms with Crippen molar-refractivity contribution >= 4 is 27.3 Å². The summed E-state index contributed by atoms with van der Waals surface area (Å²) in [5.41, 5.74) is 0.761. The minimum Gasteiger partial charge on any atom is -0.308 e. The van der Waals surface area contributed by atoms with Gasteiger partial charge < -0.3 is 5.32 Å². The maximum Gasteiger partial charge on any atom is 0.147 e. The number of rotatable bonds is 4. The molecule has 0 atom stereocenters. The van der Waals surface area contributed by atoms with Crippen molar-refractivity contribution in [3.05, 3.63) is 33.5 Å². The van der Waals surface area contributed by atoms with E-state index in [1.807, 2.05) is 6.07 Å². The number of nitrogens with zero attached hydrogens (tertiary/aromatic N) is 2. The van der Waals surface area contributed by atoms with Crippen LogP contribution >= 0.6 is 27.3 Å². The van der Waals surface area contributed by atoms with Crippen LogP contribution in [0.4, 0.5) is 4.39 Å². The molecule has 0 spiro atoms. The fraction of sp³-hybridized carbons (Fsp3) is 0.333. The molecule has 0 amide bonds. The van der Waals surface area contributed by atoms with Gasteiger partial charge in [0.05, 0.1) is 0 Å². The Morgan fingerprint density at radius 2 is 2.17 bits per heavy atom. The smallest absolute Gasteiger partial charge is 0.147 e. The average molecular weight is 328 g/mol. The first-order valence-electron chi connectivity index (χ1n) is 5.73. The standard InChI is InChI=1S/C12H11BrFN3S/c13-8-3-7(4-9(14)5-8)12-17-16-11(18-12)6-15-10-1-2-10/h3-5,10,15H,1-2,6H2. The Morgan fingerprint density at radius 1 is 1.33 bits per heavy atom. The van der Waals surface area contributed by atoms with Gasteiger partial charge in [-0.15, -0.1) is 10.2 Å². The molecule has 18 heavy (non-hydrogen) atoms. The first kappa shape index (κ1) is 12.2. The van der Waals surface area contributed by atoms with Gasteiger partial charge in [0.1, 0.15) is 15.8 Å². The first-order chi connectivity index (χ1) is 8.70. The van der Waals surface area contributed by atoms with Crippen molar-refractivity contribution in [2.24, 2.45) is 0 Å². The Labute approximate surface area is 117 Å². The van der Waals surface area contributed by atoms with Gasteiger partial charge in [0.2, 0.25) is 0 Å². The topological polar surface area (TPSA) is 37.8 Å². The van der Waals surface area contributed by atoms with E-state index in [2.05, 4.69) is 31.4 Å². The normalized spacial score (nSPS) is 15.0. The second-order valence-electron chi connectivity index (χ2n) is 4.31. The Bertz CT molecular complexity index is 548. The van der Waals surface area contributed by atoms with Crippen molar-refractivity contribution in [2.75, 3.05) is 0 Å². The van der Waals surface area contributed by atoms with E-state index < -0.39 is 0 Å². The van der Waals surface area contributed by atoms with Gasteiger partial charge in [-0.3, -0.25) is 0 Å². The number of halogens is 2. The van der Waals surface area contributed by atoms with Crippen molar-refractivity contribution in [1.29, 1.82) is 0 Å². The second-order valence-corrected chi connectivity index (χ2v) is 6.29. The number of benzene rings is 1. The lowest BCUT2D eigenvalue weighted by molar-refractivity contribution is 0.627. The van der Waals surface area contributed by atoms with Gasteiger partial charge in [0.15, 0.2) is 0 Å². The van der Waals surface area contributed by atoms with Gasteiger partial charge in [0, 0.05) is 22.6 Å². The molecule has 1 fully saturated rings. The molecule has 94 valence electrons. The molecular formula is C12H11BrFN3S.